The molecule has 2 aromatic rings. The number of pyridine rings is 1. The van der Waals surface area contributed by atoms with Gasteiger partial charge in [-0.15, -0.1) is 0 Å². The Morgan fingerprint density at radius 1 is 1.21 bits per heavy atom. The van der Waals surface area contributed by atoms with Crippen LogP contribution in [0.5, 0.6) is 0 Å². The first kappa shape index (κ1) is 19.5. The van der Waals surface area contributed by atoms with Crippen LogP contribution in [0.4, 0.5) is 5.69 Å². The molecule has 8 nitrogen and oxygen atoms in total. The SMILES string of the molecule is CC(=O)N(NC(=O)c1ccncc1)[C@@H]1CC(=O)N(c2cc(Cl)ccc2C)C1=O. The average molecular weight is 401 g/mol. The highest BCUT2D eigenvalue weighted by molar-refractivity contribution is 6.31. The summed E-state index contributed by atoms with van der Waals surface area (Å²) in [5.41, 5.74) is 3.72. The molecule has 0 saturated carbocycles. The smallest absolute Gasteiger partial charge is 0.270 e. The molecule has 0 aliphatic carbocycles. The lowest BCUT2D eigenvalue weighted by molar-refractivity contribution is -0.139. The van der Waals surface area contributed by atoms with Gasteiger partial charge in [-0.1, -0.05) is 17.7 Å². The molecule has 0 unspecified atom stereocenters. The summed E-state index contributed by atoms with van der Waals surface area (Å²) < 4.78 is 0. The molecule has 144 valence electrons. The van der Waals surface area contributed by atoms with Crippen molar-refractivity contribution in [2.45, 2.75) is 26.3 Å². The molecule has 0 spiro atoms. The number of benzene rings is 1. The number of hydrazine groups is 1. The van der Waals surface area contributed by atoms with Crippen molar-refractivity contribution in [3.8, 4) is 0 Å². The predicted molar refractivity (Wildman–Crippen MR) is 101 cm³/mol. The van der Waals surface area contributed by atoms with E-state index in [1.54, 1.807) is 19.1 Å². The summed E-state index contributed by atoms with van der Waals surface area (Å²) >= 11 is 6.00. The van der Waals surface area contributed by atoms with E-state index >= 15 is 0 Å². The molecule has 1 aromatic heterocycles. The molecule has 4 amide bonds. The second kappa shape index (κ2) is 7.77. The Morgan fingerprint density at radius 2 is 1.89 bits per heavy atom. The molecule has 1 saturated heterocycles. The third-order valence-corrected chi connectivity index (χ3v) is 4.59. The second-order valence-corrected chi connectivity index (χ2v) is 6.72. The Hall–Kier alpha value is -3.26. The van der Waals surface area contributed by atoms with Gasteiger partial charge in [0, 0.05) is 29.9 Å². The summed E-state index contributed by atoms with van der Waals surface area (Å²) in [4.78, 5) is 54.8. The van der Waals surface area contributed by atoms with Crippen molar-refractivity contribution in [3.63, 3.8) is 0 Å². The number of nitrogens with one attached hydrogen (secondary N) is 1. The Balaban J connectivity index is 1.88. The molecule has 1 N–H and O–H groups in total. The first-order valence-corrected chi connectivity index (χ1v) is 8.81. The van der Waals surface area contributed by atoms with Gasteiger partial charge in [-0.25, -0.2) is 9.91 Å². The number of aryl methyl sites for hydroxylation is 1. The van der Waals surface area contributed by atoms with Crippen LogP contribution in [0.3, 0.4) is 0 Å². The van der Waals surface area contributed by atoms with Crippen LogP contribution in [0.25, 0.3) is 0 Å². The average Bonchev–Trinajstić information content (AvgIpc) is 2.96. The van der Waals surface area contributed by atoms with E-state index in [0.29, 0.717) is 16.3 Å². The Bertz CT molecular complexity index is 964. The summed E-state index contributed by atoms with van der Waals surface area (Å²) in [6.45, 7) is 2.95. The number of rotatable bonds is 3. The van der Waals surface area contributed by atoms with Crippen LogP contribution in [-0.2, 0) is 14.4 Å². The summed E-state index contributed by atoms with van der Waals surface area (Å²) in [6.07, 6.45) is 2.61. The third-order valence-electron chi connectivity index (χ3n) is 4.35. The highest BCUT2D eigenvalue weighted by atomic mass is 35.5. The van der Waals surface area contributed by atoms with E-state index in [4.69, 9.17) is 11.6 Å². The fraction of sp³-hybridized carbons (Fsp3) is 0.211. The molecule has 3 rings (SSSR count). The predicted octanol–water partition coefficient (Wildman–Crippen LogP) is 1.87. The minimum Gasteiger partial charge on any atom is -0.274 e. The van der Waals surface area contributed by atoms with E-state index in [2.05, 4.69) is 10.4 Å². The van der Waals surface area contributed by atoms with Gasteiger partial charge in [0.1, 0.15) is 6.04 Å². The first-order valence-electron chi connectivity index (χ1n) is 8.43. The third kappa shape index (κ3) is 3.72. The molecule has 1 atom stereocenters. The van der Waals surface area contributed by atoms with Crippen LogP contribution in [0.15, 0.2) is 42.7 Å². The fourth-order valence-electron chi connectivity index (χ4n) is 2.95. The van der Waals surface area contributed by atoms with Crippen molar-refractivity contribution in [2.75, 3.05) is 4.90 Å². The van der Waals surface area contributed by atoms with Gasteiger partial charge in [0.15, 0.2) is 0 Å². The van der Waals surface area contributed by atoms with Crippen LogP contribution >= 0.6 is 11.6 Å². The van der Waals surface area contributed by atoms with Gasteiger partial charge >= 0.3 is 0 Å². The van der Waals surface area contributed by atoms with E-state index in [0.717, 1.165) is 9.91 Å². The lowest BCUT2D eigenvalue weighted by Gasteiger charge is -2.26. The van der Waals surface area contributed by atoms with Crippen LogP contribution < -0.4 is 10.3 Å². The van der Waals surface area contributed by atoms with Crippen LogP contribution in [-0.4, -0.2) is 39.7 Å². The number of carbonyl (C=O) groups is 4. The van der Waals surface area contributed by atoms with Crippen molar-refractivity contribution in [1.29, 1.82) is 0 Å². The van der Waals surface area contributed by atoms with Crippen molar-refractivity contribution in [2.24, 2.45) is 0 Å². The van der Waals surface area contributed by atoms with Gasteiger partial charge in [0.2, 0.25) is 11.8 Å². The molecule has 0 radical (unpaired) electrons. The molecule has 1 fully saturated rings. The molecule has 2 heterocycles. The number of nitrogens with zero attached hydrogens (tertiary/aromatic N) is 3. The van der Waals surface area contributed by atoms with E-state index in [9.17, 15) is 19.2 Å². The van der Waals surface area contributed by atoms with Gasteiger partial charge in [0.05, 0.1) is 12.1 Å². The van der Waals surface area contributed by atoms with E-state index in [-0.39, 0.29) is 12.0 Å². The molecule has 1 aromatic carbocycles. The minimum absolute atomic E-state index is 0.249. The quantitative estimate of drug-likeness (QED) is 0.626. The first-order chi connectivity index (χ1) is 13.3. The molecular formula is C19H17ClN4O4. The summed E-state index contributed by atoms with van der Waals surface area (Å²) in [5, 5.41) is 1.27. The van der Waals surface area contributed by atoms with Gasteiger partial charge in [-0.3, -0.25) is 29.6 Å². The number of halogens is 1. The Kier molecular flexibility index (Phi) is 5.41. The normalized spacial score (nSPS) is 16.2. The van der Waals surface area contributed by atoms with Crippen LogP contribution in [0.2, 0.25) is 5.02 Å². The Labute approximate surface area is 166 Å². The molecule has 0 bridgehead atoms. The summed E-state index contributed by atoms with van der Waals surface area (Å²) in [6, 6.07) is 6.66. The van der Waals surface area contributed by atoms with E-state index < -0.39 is 29.7 Å². The van der Waals surface area contributed by atoms with Gasteiger partial charge in [-0.05, 0) is 36.8 Å². The second-order valence-electron chi connectivity index (χ2n) is 6.28. The lowest BCUT2D eigenvalue weighted by atomic mass is 10.2. The van der Waals surface area contributed by atoms with Gasteiger partial charge in [-0.2, -0.15) is 0 Å². The van der Waals surface area contributed by atoms with Crippen molar-refractivity contribution in [1.82, 2.24) is 15.4 Å². The molecular weight excluding hydrogens is 384 g/mol. The topological polar surface area (TPSA) is 99.7 Å². The van der Waals surface area contributed by atoms with E-state index in [1.807, 2.05) is 0 Å². The zero-order valence-corrected chi connectivity index (χ0v) is 15.9. The van der Waals surface area contributed by atoms with Crippen molar-refractivity contribution < 1.29 is 19.2 Å². The monoisotopic (exact) mass is 400 g/mol. The van der Waals surface area contributed by atoms with Gasteiger partial charge in [0.25, 0.3) is 11.8 Å². The number of hydrogen-bond acceptors (Lipinski definition) is 5. The van der Waals surface area contributed by atoms with Crippen LogP contribution in [0, 0.1) is 6.92 Å². The number of aromatic nitrogens is 1. The maximum Gasteiger partial charge on any atom is 0.270 e. The molecule has 1 aliphatic rings. The fourth-order valence-corrected chi connectivity index (χ4v) is 3.11. The summed E-state index contributed by atoms with van der Waals surface area (Å²) in [5.74, 6) is -2.25. The standard InChI is InChI=1S/C19H17ClN4O4/c1-11-3-4-14(20)9-15(11)23-17(26)10-16(19(23)28)24(12(2)25)22-18(27)13-5-7-21-8-6-13/h3-9,16H,10H2,1-2H3,(H,22,27)/t16-/m1/s1. The number of hydrogen-bond donors (Lipinski definition) is 1. The Morgan fingerprint density at radius 3 is 2.54 bits per heavy atom. The van der Waals surface area contributed by atoms with Crippen molar-refractivity contribution >= 4 is 40.9 Å². The number of anilines is 1. The zero-order chi connectivity index (χ0) is 20.4. The van der Waals surface area contributed by atoms with Gasteiger partial charge < -0.3 is 0 Å². The lowest BCUT2D eigenvalue weighted by Crippen LogP contribution is -2.54. The highest BCUT2D eigenvalue weighted by Crippen LogP contribution is 2.30. The van der Waals surface area contributed by atoms with E-state index in [1.165, 1.54) is 37.5 Å². The summed E-state index contributed by atoms with van der Waals surface area (Å²) in [7, 11) is 0. The van der Waals surface area contributed by atoms with Crippen molar-refractivity contribution in [3.05, 3.63) is 58.9 Å². The number of amides is 4. The maximum absolute atomic E-state index is 13.0. The molecule has 28 heavy (non-hydrogen) atoms. The zero-order valence-electron chi connectivity index (χ0n) is 15.2. The minimum atomic E-state index is -1.14. The molecule has 9 heteroatoms. The number of carbonyl (C=O) groups excluding carboxylic acids is 4. The number of imide groups is 1. The molecule has 1 aliphatic heterocycles. The largest absolute Gasteiger partial charge is 0.274 e. The van der Waals surface area contributed by atoms with Crippen LogP contribution in [0.1, 0.15) is 29.3 Å². The maximum atomic E-state index is 13.0. The highest BCUT2D eigenvalue weighted by Gasteiger charge is 2.45.